The fourth-order valence-corrected chi connectivity index (χ4v) is 2.80. The lowest BCUT2D eigenvalue weighted by Gasteiger charge is -2.34. The largest absolute Gasteiger partial charge is 0.492 e. The molecule has 0 atom stereocenters. The molecular weight excluding hydrogens is 296 g/mol. The van der Waals surface area contributed by atoms with Crippen LogP contribution in [0.5, 0.6) is 5.75 Å². The molecular formula is C16H22N4O3. The van der Waals surface area contributed by atoms with Crippen LogP contribution < -0.4 is 10.5 Å². The molecule has 3 heterocycles. The number of H-pyrrole nitrogens is 1. The van der Waals surface area contributed by atoms with Crippen LogP contribution in [0.2, 0.25) is 0 Å². The molecule has 0 amide bonds. The summed E-state index contributed by atoms with van der Waals surface area (Å²) in [4.78, 5) is 20.1. The van der Waals surface area contributed by atoms with Crippen LogP contribution in [-0.2, 0) is 0 Å². The second-order valence-corrected chi connectivity index (χ2v) is 6.21. The highest BCUT2D eigenvalue weighted by Crippen LogP contribution is 2.21. The van der Waals surface area contributed by atoms with Crippen molar-refractivity contribution in [1.29, 1.82) is 0 Å². The van der Waals surface area contributed by atoms with Gasteiger partial charge in [-0.2, -0.15) is 0 Å². The molecule has 1 aliphatic rings. The Kier molecular flexibility index (Phi) is 4.76. The lowest BCUT2D eigenvalue weighted by Crippen LogP contribution is -2.39. The zero-order valence-corrected chi connectivity index (χ0v) is 13.5. The maximum absolute atomic E-state index is 10.9. The lowest BCUT2D eigenvalue weighted by atomic mass is 9.97. The summed E-state index contributed by atoms with van der Waals surface area (Å²) in [6, 6.07) is 4.21. The van der Waals surface area contributed by atoms with Gasteiger partial charge in [-0.15, -0.1) is 0 Å². The van der Waals surface area contributed by atoms with Crippen molar-refractivity contribution in [2.24, 2.45) is 5.92 Å². The Morgan fingerprint density at radius 1 is 1.39 bits per heavy atom. The quantitative estimate of drug-likeness (QED) is 0.907. The topological polar surface area (TPSA) is 84.2 Å². The predicted molar refractivity (Wildman–Crippen MR) is 85.3 cm³/mol. The Morgan fingerprint density at radius 3 is 2.74 bits per heavy atom. The minimum absolute atomic E-state index is 0.322. The fourth-order valence-electron chi connectivity index (χ4n) is 2.80. The fraction of sp³-hybridized carbons (Fsp3) is 0.562. The van der Waals surface area contributed by atoms with Gasteiger partial charge in [-0.1, -0.05) is 5.16 Å². The van der Waals surface area contributed by atoms with Crippen molar-refractivity contribution >= 4 is 0 Å². The Labute approximate surface area is 134 Å². The van der Waals surface area contributed by atoms with Crippen LogP contribution in [0.1, 0.15) is 26.7 Å². The van der Waals surface area contributed by atoms with Crippen molar-refractivity contribution in [2.45, 2.75) is 32.7 Å². The van der Waals surface area contributed by atoms with Crippen LogP contribution in [0.4, 0.5) is 0 Å². The summed E-state index contributed by atoms with van der Waals surface area (Å²) in [5.41, 5.74) is 0.549. The Balaban J connectivity index is 1.50. The first kappa shape index (κ1) is 15.7. The summed E-state index contributed by atoms with van der Waals surface area (Å²) in [7, 11) is 0. The molecule has 2 aromatic rings. The predicted octanol–water partition coefficient (Wildman–Crippen LogP) is 1.92. The van der Waals surface area contributed by atoms with Crippen LogP contribution in [0.3, 0.4) is 0 Å². The first-order chi connectivity index (χ1) is 11.1. The normalized spacial score (nSPS) is 16.8. The van der Waals surface area contributed by atoms with E-state index in [-0.39, 0.29) is 0 Å². The van der Waals surface area contributed by atoms with Crippen LogP contribution in [-0.4, -0.2) is 45.8 Å². The van der Waals surface area contributed by atoms with Crippen LogP contribution >= 0.6 is 0 Å². The third-order valence-corrected chi connectivity index (χ3v) is 4.28. The SMILES string of the molecule is CC(C)N1CCC(COc2ccc(-c3noc(=O)[nH]3)nc2)CC1. The van der Waals surface area contributed by atoms with Gasteiger partial charge >= 0.3 is 5.76 Å². The van der Waals surface area contributed by atoms with Gasteiger partial charge in [-0.25, -0.2) is 9.78 Å². The molecule has 1 aliphatic heterocycles. The average molecular weight is 318 g/mol. The number of aromatic nitrogens is 3. The molecule has 1 saturated heterocycles. The molecule has 0 bridgehead atoms. The molecule has 0 unspecified atom stereocenters. The summed E-state index contributed by atoms with van der Waals surface area (Å²) in [5, 5.41) is 3.61. The standard InChI is InChI=1S/C16H22N4O3/c1-11(2)20-7-5-12(6-8-20)10-22-13-3-4-14(17-9-13)15-18-16(21)23-19-15/h3-4,9,11-12H,5-8,10H2,1-2H3,(H,18,19,21). The highest BCUT2D eigenvalue weighted by molar-refractivity contribution is 5.48. The third kappa shape index (κ3) is 3.98. The number of aromatic amines is 1. The summed E-state index contributed by atoms with van der Waals surface area (Å²) < 4.78 is 10.3. The Bertz CT molecular complexity index is 669. The van der Waals surface area contributed by atoms with E-state index in [4.69, 9.17) is 4.74 Å². The van der Waals surface area contributed by atoms with E-state index in [0.29, 0.717) is 30.1 Å². The molecule has 3 rings (SSSR count). The highest BCUT2D eigenvalue weighted by Gasteiger charge is 2.21. The van der Waals surface area contributed by atoms with Gasteiger partial charge in [0.2, 0.25) is 5.82 Å². The van der Waals surface area contributed by atoms with Gasteiger partial charge in [-0.3, -0.25) is 9.51 Å². The molecule has 0 spiro atoms. The summed E-state index contributed by atoms with van der Waals surface area (Å²) in [6.45, 7) is 7.48. The molecule has 0 saturated carbocycles. The number of piperidine rings is 1. The number of rotatable bonds is 5. The molecule has 124 valence electrons. The van der Waals surface area contributed by atoms with E-state index >= 15 is 0 Å². The Hall–Kier alpha value is -2.15. The first-order valence-electron chi connectivity index (χ1n) is 8.01. The molecule has 2 aromatic heterocycles. The average Bonchev–Trinajstić information content (AvgIpc) is 3.00. The van der Waals surface area contributed by atoms with E-state index in [0.717, 1.165) is 18.8 Å². The molecule has 23 heavy (non-hydrogen) atoms. The van der Waals surface area contributed by atoms with Gasteiger partial charge in [0.1, 0.15) is 11.4 Å². The number of hydrogen-bond donors (Lipinski definition) is 1. The van der Waals surface area contributed by atoms with Crippen molar-refractivity contribution in [3.63, 3.8) is 0 Å². The van der Waals surface area contributed by atoms with Crippen molar-refractivity contribution in [1.82, 2.24) is 20.0 Å². The zero-order valence-electron chi connectivity index (χ0n) is 13.5. The van der Waals surface area contributed by atoms with E-state index in [1.165, 1.54) is 12.8 Å². The van der Waals surface area contributed by atoms with Gasteiger partial charge in [0, 0.05) is 6.04 Å². The minimum atomic E-state index is -0.588. The second-order valence-electron chi connectivity index (χ2n) is 6.21. The number of nitrogens with one attached hydrogen (secondary N) is 1. The molecule has 7 nitrogen and oxygen atoms in total. The van der Waals surface area contributed by atoms with Crippen molar-refractivity contribution in [2.75, 3.05) is 19.7 Å². The van der Waals surface area contributed by atoms with Crippen LogP contribution in [0, 0.1) is 5.92 Å². The zero-order chi connectivity index (χ0) is 16.2. The maximum atomic E-state index is 10.9. The molecule has 0 radical (unpaired) electrons. The molecule has 1 N–H and O–H groups in total. The molecule has 0 aliphatic carbocycles. The lowest BCUT2D eigenvalue weighted by molar-refractivity contribution is 0.119. The van der Waals surface area contributed by atoms with Crippen molar-refractivity contribution < 1.29 is 9.26 Å². The summed E-state index contributed by atoms with van der Waals surface area (Å²) in [5.74, 6) is 1.06. The van der Waals surface area contributed by atoms with Gasteiger partial charge in [0.05, 0.1) is 12.8 Å². The van der Waals surface area contributed by atoms with Gasteiger partial charge in [0.25, 0.3) is 0 Å². The number of pyridine rings is 1. The van der Waals surface area contributed by atoms with E-state index in [9.17, 15) is 4.79 Å². The summed E-state index contributed by atoms with van der Waals surface area (Å²) in [6.07, 6.45) is 3.99. The molecule has 7 heteroatoms. The van der Waals surface area contributed by atoms with Gasteiger partial charge < -0.3 is 9.64 Å². The van der Waals surface area contributed by atoms with E-state index in [1.807, 2.05) is 6.07 Å². The number of nitrogens with zero attached hydrogens (tertiary/aromatic N) is 3. The van der Waals surface area contributed by atoms with Crippen LogP contribution in [0.25, 0.3) is 11.5 Å². The number of ether oxygens (including phenoxy) is 1. The smallest absolute Gasteiger partial charge is 0.439 e. The van der Waals surface area contributed by atoms with Crippen molar-refractivity contribution in [3.05, 3.63) is 28.9 Å². The number of likely N-dealkylation sites (tertiary alicyclic amines) is 1. The van der Waals surface area contributed by atoms with Crippen molar-refractivity contribution in [3.8, 4) is 17.3 Å². The number of hydrogen-bond acceptors (Lipinski definition) is 6. The van der Waals surface area contributed by atoms with E-state index in [2.05, 4.69) is 38.4 Å². The first-order valence-corrected chi connectivity index (χ1v) is 8.01. The third-order valence-electron chi connectivity index (χ3n) is 4.28. The van der Waals surface area contributed by atoms with Crippen LogP contribution in [0.15, 0.2) is 27.6 Å². The minimum Gasteiger partial charge on any atom is -0.492 e. The molecule has 1 fully saturated rings. The monoisotopic (exact) mass is 318 g/mol. The summed E-state index contributed by atoms with van der Waals surface area (Å²) >= 11 is 0. The maximum Gasteiger partial charge on any atom is 0.439 e. The van der Waals surface area contributed by atoms with Gasteiger partial charge in [-0.05, 0) is 57.8 Å². The van der Waals surface area contributed by atoms with Gasteiger partial charge in [0.15, 0.2) is 0 Å². The Morgan fingerprint density at radius 2 is 2.17 bits per heavy atom. The van der Waals surface area contributed by atoms with E-state index in [1.54, 1.807) is 12.3 Å². The van der Waals surface area contributed by atoms with E-state index < -0.39 is 5.76 Å². The molecule has 0 aromatic carbocycles. The second kappa shape index (κ2) is 6.95. The highest BCUT2D eigenvalue weighted by atomic mass is 16.5.